The van der Waals surface area contributed by atoms with Crippen LogP contribution in [0.1, 0.15) is 24.0 Å². The topological polar surface area (TPSA) is 92.4 Å². The molecule has 0 bridgehead atoms. The monoisotopic (exact) mass is 256 g/mol. The highest BCUT2D eigenvalue weighted by molar-refractivity contribution is 7.08. The summed E-state index contributed by atoms with van der Waals surface area (Å²) in [5.41, 5.74) is 7.77. The predicted octanol–water partition coefficient (Wildman–Crippen LogP) is 0.865. The number of rotatable bonds is 6. The van der Waals surface area contributed by atoms with Crippen molar-refractivity contribution in [2.75, 3.05) is 0 Å². The van der Waals surface area contributed by atoms with Crippen LogP contribution in [0.3, 0.4) is 0 Å². The smallest absolute Gasteiger partial charge is 0.303 e. The summed E-state index contributed by atoms with van der Waals surface area (Å²) in [6, 6.07) is -0.759. The Hall–Kier alpha value is -1.40. The predicted molar refractivity (Wildman–Crippen MR) is 65.7 cm³/mol. The molecule has 0 aliphatic rings. The number of thiophene rings is 1. The van der Waals surface area contributed by atoms with Gasteiger partial charge in [-0.2, -0.15) is 11.3 Å². The van der Waals surface area contributed by atoms with Crippen LogP contribution in [0.15, 0.2) is 10.8 Å². The number of carboxylic acids is 1. The first-order valence-corrected chi connectivity index (χ1v) is 6.21. The number of amides is 1. The molecule has 17 heavy (non-hydrogen) atoms. The summed E-state index contributed by atoms with van der Waals surface area (Å²) in [5.74, 6) is -1.25. The molecule has 1 aromatic rings. The van der Waals surface area contributed by atoms with E-state index in [9.17, 15) is 9.59 Å². The average Bonchev–Trinajstić information content (AvgIpc) is 2.68. The molecule has 4 N–H and O–H groups in total. The van der Waals surface area contributed by atoms with E-state index in [0.29, 0.717) is 6.54 Å². The fourth-order valence-corrected chi connectivity index (χ4v) is 2.15. The van der Waals surface area contributed by atoms with Crippen molar-refractivity contribution in [3.8, 4) is 0 Å². The normalized spacial score (nSPS) is 12.1. The Morgan fingerprint density at radius 2 is 2.24 bits per heavy atom. The van der Waals surface area contributed by atoms with Crippen LogP contribution in [0.2, 0.25) is 0 Å². The lowest BCUT2D eigenvalue weighted by atomic mass is 10.1. The van der Waals surface area contributed by atoms with Crippen molar-refractivity contribution in [1.82, 2.24) is 5.32 Å². The molecule has 1 heterocycles. The molecule has 1 amide bonds. The van der Waals surface area contributed by atoms with Gasteiger partial charge in [-0.15, -0.1) is 0 Å². The molecule has 5 nitrogen and oxygen atoms in total. The second-order valence-electron chi connectivity index (χ2n) is 3.84. The minimum absolute atomic E-state index is 0.0912. The number of carboxylic acid groups (broad SMARTS) is 1. The van der Waals surface area contributed by atoms with E-state index in [2.05, 4.69) is 5.32 Å². The Kier molecular flexibility index (Phi) is 5.11. The average molecular weight is 256 g/mol. The van der Waals surface area contributed by atoms with Gasteiger partial charge in [-0.3, -0.25) is 9.59 Å². The van der Waals surface area contributed by atoms with Crippen LogP contribution in [0.25, 0.3) is 0 Å². The van der Waals surface area contributed by atoms with E-state index in [-0.39, 0.29) is 18.7 Å². The second-order valence-corrected chi connectivity index (χ2v) is 4.58. The lowest BCUT2D eigenvalue weighted by molar-refractivity contribution is -0.137. The first kappa shape index (κ1) is 13.7. The van der Waals surface area contributed by atoms with E-state index in [1.165, 1.54) is 0 Å². The van der Waals surface area contributed by atoms with Crippen LogP contribution in [0, 0.1) is 6.92 Å². The Bertz CT molecular complexity index is 403. The number of aliphatic carboxylic acids is 1. The van der Waals surface area contributed by atoms with Gasteiger partial charge in [-0.25, -0.2) is 0 Å². The van der Waals surface area contributed by atoms with E-state index < -0.39 is 12.0 Å². The molecule has 6 heteroatoms. The van der Waals surface area contributed by atoms with Gasteiger partial charge in [0.05, 0.1) is 6.04 Å². The van der Waals surface area contributed by atoms with Crippen molar-refractivity contribution in [3.05, 3.63) is 21.9 Å². The largest absolute Gasteiger partial charge is 0.481 e. The zero-order valence-electron chi connectivity index (χ0n) is 9.60. The molecule has 0 aromatic carbocycles. The van der Waals surface area contributed by atoms with E-state index in [1.807, 2.05) is 17.7 Å². The van der Waals surface area contributed by atoms with Crippen LogP contribution in [0.4, 0.5) is 0 Å². The molecule has 0 aliphatic carbocycles. The molecule has 0 radical (unpaired) electrons. The molecule has 1 aromatic heterocycles. The number of hydrogen-bond acceptors (Lipinski definition) is 4. The van der Waals surface area contributed by atoms with Gasteiger partial charge >= 0.3 is 5.97 Å². The molecule has 1 atom stereocenters. The maximum Gasteiger partial charge on any atom is 0.303 e. The minimum atomic E-state index is -0.943. The summed E-state index contributed by atoms with van der Waals surface area (Å²) in [4.78, 5) is 21.9. The molecule has 94 valence electrons. The summed E-state index contributed by atoms with van der Waals surface area (Å²) in [7, 11) is 0. The third kappa shape index (κ3) is 4.54. The summed E-state index contributed by atoms with van der Waals surface area (Å²) < 4.78 is 0. The first-order valence-electron chi connectivity index (χ1n) is 5.27. The van der Waals surface area contributed by atoms with E-state index in [1.54, 1.807) is 11.3 Å². The molecular formula is C11H16N2O3S. The third-order valence-electron chi connectivity index (χ3n) is 2.42. The van der Waals surface area contributed by atoms with Gasteiger partial charge in [0.15, 0.2) is 0 Å². The molecule has 0 saturated heterocycles. The van der Waals surface area contributed by atoms with Gasteiger partial charge < -0.3 is 16.2 Å². The summed E-state index contributed by atoms with van der Waals surface area (Å²) >= 11 is 1.58. The number of nitrogens with one attached hydrogen (secondary N) is 1. The molecular weight excluding hydrogens is 240 g/mol. The van der Waals surface area contributed by atoms with E-state index in [0.717, 1.165) is 11.1 Å². The van der Waals surface area contributed by atoms with Crippen LogP contribution in [-0.2, 0) is 16.1 Å². The molecule has 0 saturated carbocycles. The highest BCUT2D eigenvalue weighted by atomic mass is 32.1. The minimum Gasteiger partial charge on any atom is -0.481 e. The number of nitrogens with two attached hydrogens (primary N) is 1. The fourth-order valence-electron chi connectivity index (χ4n) is 1.29. The maximum absolute atomic E-state index is 11.5. The zero-order chi connectivity index (χ0) is 12.8. The van der Waals surface area contributed by atoms with Crippen molar-refractivity contribution in [2.45, 2.75) is 32.4 Å². The van der Waals surface area contributed by atoms with Crippen molar-refractivity contribution in [2.24, 2.45) is 5.73 Å². The zero-order valence-corrected chi connectivity index (χ0v) is 10.4. The first-order chi connectivity index (χ1) is 8.00. The lowest BCUT2D eigenvalue weighted by Crippen LogP contribution is -2.40. The summed E-state index contributed by atoms with van der Waals surface area (Å²) in [6.45, 7) is 2.41. The Labute approximate surface area is 104 Å². The van der Waals surface area contributed by atoms with Crippen LogP contribution < -0.4 is 11.1 Å². The highest BCUT2D eigenvalue weighted by Crippen LogP contribution is 2.13. The third-order valence-corrected chi connectivity index (χ3v) is 3.33. The van der Waals surface area contributed by atoms with Gasteiger partial charge in [0.2, 0.25) is 5.91 Å². The Balaban J connectivity index is 2.34. The van der Waals surface area contributed by atoms with Gasteiger partial charge in [-0.05, 0) is 35.2 Å². The molecule has 1 rings (SSSR count). The SMILES string of the molecule is Cc1cscc1CNC(=O)C(N)CCC(=O)O. The van der Waals surface area contributed by atoms with Crippen LogP contribution in [-0.4, -0.2) is 23.0 Å². The number of aryl methyl sites for hydroxylation is 1. The van der Waals surface area contributed by atoms with Crippen LogP contribution in [0.5, 0.6) is 0 Å². The maximum atomic E-state index is 11.5. The van der Waals surface area contributed by atoms with Crippen molar-refractivity contribution in [3.63, 3.8) is 0 Å². The van der Waals surface area contributed by atoms with E-state index in [4.69, 9.17) is 10.8 Å². The Morgan fingerprint density at radius 1 is 1.53 bits per heavy atom. The van der Waals surface area contributed by atoms with Gasteiger partial charge in [0, 0.05) is 13.0 Å². The quantitative estimate of drug-likeness (QED) is 0.704. The van der Waals surface area contributed by atoms with Crippen molar-refractivity contribution < 1.29 is 14.7 Å². The molecule has 0 aliphatic heterocycles. The van der Waals surface area contributed by atoms with Crippen LogP contribution >= 0.6 is 11.3 Å². The number of hydrogen-bond donors (Lipinski definition) is 3. The van der Waals surface area contributed by atoms with E-state index >= 15 is 0 Å². The second kappa shape index (κ2) is 6.36. The molecule has 0 fully saturated rings. The molecule has 0 spiro atoms. The highest BCUT2D eigenvalue weighted by Gasteiger charge is 2.14. The van der Waals surface area contributed by atoms with Gasteiger partial charge in [-0.1, -0.05) is 0 Å². The standard InChI is InChI=1S/C11H16N2O3S/c1-7-5-17-6-8(7)4-13-11(16)9(12)2-3-10(14)15/h5-6,9H,2-4,12H2,1H3,(H,13,16)(H,14,15). The number of carbonyl (C=O) groups excluding carboxylic acids is 1. The summed E-state index contributed by atoms with van der Waals surface area (Å²) in [6.07, 6.45) is 0.0653. The lowest BCUT2D eigenvalue weighted by Gasteiger charge is -2.10. The summed E-state index contributed by atoms with van der Waals surface area (Å²) in [5, 5.41) is 15.2. The number of carbonyl (C=O) groups is 2. The van der Waals surface area contributed by atoms with Gasteiger partial charge in [0.25, 0.3) is 0 Å². The Morgan fingerprint density at radius 3 is 2.76 bits per heavy atom. The fraction of sp³-hybridized carbons (Fsp3) is 0.455. The van der Waals surface area contributed by atoms with Crippen molar-refractivity contribution >= 4 is 23.2 Å². The molecule has 1 unspecified atom stereocenters. The van der Waals surface area contributed by atoms with Crippen molar-refractivity contribution in [1.29, 1.82) is 0 Å². The van der Waals surface area contributed by atoms with Gasteiger partial charge in [0.1, 0.15) is 0 Å².